The second kappa shape index (κ2) is 6.73. The van der Waals surface area contributed by atoms with E-state index in [9.17, 15) is 0 Å². The van der Waals surface area contributed by atoms with Crippen LogP contribution in [-0.2, 0) is 0 Å². The zero-order chi connectivity index (χ0) is 18.2. The lowest BCUT2D eigenvalue weighted by atomic mass is 10.1. The van der Waals surface area contributed by atoms with Gasteiger partial charge in [-0.05, 0) is 54.6 Å². The van der Waals surface area contributed by atoms with Crippen molar-refractivity contribution in [3.8, 4) is 0 Å². The highest BCUT2D eigenvalue weighted by Crippen LogP contribution is 2.42. The summed E-state index contributed by atoms with van der Waals surface area (Å²) in [6, 6.07) is 33.7. The molecule has 1 aromatic heterocycles. The Morgan fingerprint density at radius 2 is 1.26 bits per heavy atom. The molecule has 0 unspecified atom stereocenters. The minimum absolute atomic E-state index is 0.807. The molecule has 0 bridgehead atoms. The predicted molar refractivity (Wildman–Crippen MR) is 119 cm³/mol. The Hall–Kier alpha value is -2.81. The van der Waals surface area contributed by atoms with E-state index in [0.29, 0.717) is 0 Å². The molecule has 0 N–H and O–H groups in total. The van der Waals surface area contributed by atoms with Gasteiger partial charge in [0.15, 0.2) is 0 Å². The molecule has 4 aromatic carbocycles. The van der Waals surface area contributed by atoms with Crippen molar-refractivity contribution in [1.82, 2.24) is 0 Å². The summed E-state index contributed by atoms with van der Waals surface area (Å²) in [5, 5.41) is 3.15. The minimum atomic E-state index is 0.807. The van der Waals surface area contributed by atoms with Crippen LogP contribution >= 0.6 is 22.9 Å². The molecule has 5 rings (SSSR count). The number of fused-ring (bicyclic) bond motifs is 3. The fourth-order valence-corrected chi connectivity index (χ4v) is 4.96. The number of anilines is 3. The molecule has 0 atom stereocenters. The summed E-state index contributed by atoms with van der Waals surface area (Å²) < 4.78 is 2.48. The maximum absolute atomic E-state index is 6.54. The van der Waals surface area contributed by atoms with Gasteiger partial charge in [-0.15, -0.1) is 11.3 Å². The highest BCUT2D eigenvalue weighted by atomic mass is 35.5. The Morgan fingerprint density at radius 1 is 0.593 bits per heavy atom. The second-order valence-corrected chi connectivity index (χ2v) is 7.89. The van der Waals surface area contributed by atoms with Gasteiger partial charge >= 0.3 is 0 Å². The van der Waals surface area contributed by atoms with E-state index in [0.717, 1.165) is 27.5 Å². The fraction of sp³-hybridized carbons (Fsp3) is 0. The summed E-state index contributed by atoms with van der Waals surface area (Å²) >= 11 is 8.32. The predicted octanol–water partition coefficient (Wildman–Crippen LogP) is 8.18. The largest absolute Gasteiger partial charge is 0.310 e. The molecule has 130 valence electrons. The van der Waals surface area contributed by atoms with E-state index in [1.807, 2.05) is 24.3 Å². The molecule has 0 saturated heterocycles. The first-order valence-electron chi connectivity index (χ1n) is 8.82. The lowest BCUT2D eigenvalue weighted by Gasteiger charge is -2.25. The maximum Gasteiger partial charge on any atom is 0.0499 e. The van der Waals surface area contributed by atoms with Crippen molar-refractivity contribution in [1.29, 1.82) is 0 Å². The van der Waals surface area contributed by atoms with Crippen LogP contribution in [0.15, 0.2) is 97.1 Å². The molecule has 27 heavy (non-hydrogen) atoms. The van der Waals surface area contributed by atoms with Gasteiger partial charge < -0.3 is 4.90 Å². The van der Waals surface area contributed by atoms with Crippen LogP contribution in [0.5, 0.6) is 0 Å². The summed E-state index contributed by atoms with van der Waals surface area (Å²) in [4.78, 5) is 2.28. The number of hydrogen-bond donors (Lipinski definition) is 0. The number of hydrogen-bond acceptors (Lipinski definition) is 2. The monoisotopic (exact) mass is 385 g/mol. The summed E-state index contributed by atoms with van der Waals surface area (Å²) in [5.74, 6) is 0. The SMILES string of the molecule is Clc1cccc2sc3ccc(N(c4ccccc4)c4ccccc4)cc3c12. The number of halogens is 1. The highest BCUT2D eigenvalue weighted by molar-refractivity contribution is 7.26. The molecule has 3 heteroatoms. The van der Waals surface area contributed by atoms with Gasteiger partial charge in [0.05, 0.1) is 0 Å². The van der Waals surface area contributed by atoms with Gasteiger partial charge in [0, 0.05) is 42.3 Å². The Balaban J connectivity index is 1.77. The van der Waals surface area contributed by atoms with Crippen LogP contribution in [0.3, 0.4) is 0 Å². The molecule has 1 nitrogen and oxygen atoms in total. The van der Waals surface area contributed by atoms with E-state index < -0.39 is 0 Å². The van der Waals surface area contributed by atoms with Crippen molar-refractivity contribution in [2.24, 2.45) is 0 Å². The van der Waals surface area contributed by atoms with Crippen molar-refractivity contribution >= 4 is 60.2 Å². The van der Waals surface area contributed by atoms with E-state index >= 15 is 0 Å². The molecule has 0 amide bonds. The van der Waals surface area contributed by atoms with E-state index in [4.69, 9.17) is 11.6 Å². The average Bonchev–Trinajstić information content (AvgIpc) is 3.09. The van der Waals surface area contributed by atoms with Crippen LogP contribution < -0.4 is 4.90 Å². The lowest BCUT2D eigenvalue weighted by Crippen LogP contribution is -2.09. The third-order valence-corrected chi connectivity index (χ3v) is 6.17. The van der Waals surface area contributed by atoms with Crippen molar-refractivity contribution in [3.05, 3.63) is 102 Å². The first-order valence-corrected chi connectivity index (χ1v) is 10.0. The molecule has 0 aliphatic carbocycles. The lowest BCUT2D eigenvalue weighted by molar-refractivity contribution is 1.29. The maximum atomic E-state index is 6.54. The Morgan fingerprint density at radius 3 is 1.93 bits per heavy atom. The molecular formula is C24H16ClNS. The van der Waals surface area contributed by atoms with Crippen molar-refractivity contribution in [2.75, 3.05) is 4.90 Å². The number of para-hydroxylation sites is 2. The van der Waals surface area contributed by atoms with Crippen LogP contribution in [0.4, 0.5) is 17.1 Å². The van der Waals surface area contributed by atoms with Gasteiger partial charge in [-0.1, -0.05) is 54.1 Å². The van der Waals surface area contributed by atoms with Gasteiger partial charge in [-0.3, -0.25) is 0 Å². The number of thiophene rings is 1. The van der Waals surface area contributed by atoms with Gasteiger partial charge in [0.2, 0.25) is 0 Å². The van der Waals surface area contributed by atoms with Crippen molar-refractivity contribution in [3.63, 3.8) is 0 Å². The smallest absolute Gasteiger partial charge is 0.0499 e. The normalized spacial score (nSPS) is 11.1. The molecule has 0 radical (unpaired) electrons. The summed E-state index contributed by atoms with van der Waals surface area (Å²) in [5.41, 5.74) is 3.39. The van der Waals surface area contributed by atoms with Crippen LogP contribution in [0, 0.1) is 0 Å². The third-order valence-electron chi connectivity index (χ3n) is 4.71. The molecule has 0 aliphatic rings. The molecular weight excluding hydrogens is 370 g/mol. The first-order chi connectivity index (χ1) is 13.3. The number of rotatable bonds is 3. The molecule has 5 aromatic rings. The zero-order valence-corrected chi connectivity index (χ0v) is 16.0. The summed E-state index contributed by atoms with van der Waals surface area (Å²) in [7, 11) is 0. The van der Waals surface area contributed by atoms with Crippen molar-refractivity contribution < 1.29 is 0 Å². The number of nitrogens with zero attached hydrogens (tertiary/aromatic N) is 1. The fourth-order valence-electron chi connectivity index (χ4n) is 3.51. The van der Waals surface area contributed by atoms with Crippen LogP contribution in [0.1, 0.15) is 0 Å². The quantitative estimate of drug-likeness (QED) is 0.302. The Bertz CT molecular complexity index is 1190. The molecule has 0 spiro atoms. The van der Waals surface area contributed by atoms with Crippen LogP contribution in [-0.4, -0.2) is 0 Å². The van der Waals surface area contributed by atoms with Crippen molar-refractivity contribution in [2.45, 2.75) is 0 Å². The summed E-state index contributed by atoms with van der Waals surface area (Å²) in [6.45, 7) is 0. The molecule has 0 fully saturated rings. The average molecular weight is 386 g/mol. The van der Waals surface area contributed by atoms with Crippen LogP contribution in [0.2, 0.25) is 5.02 Å². The third kappa shape index (κ3) is 2.87. The molecule has 0 aliphatic heterocycles. The minimum Gasteiger partial charge on any atom is -0.310 e. The second-order valence-electron chi connectivity index (χ2n) is 6.40. The first kappa shape index (κ1) is 16.4. The van der Waals surface area contributed by atoms with Crippen LogP contribution in [0.25, 0.3) is 20.2 Å². The Labute approximate surface area is 167 Å². The number of benzene rings is 4. The van der Waals surface area contributed by atoms with E-state index in [-0.39, 0.29) is 0 Å². The topological polar surface area (TPSA) is 3.24 Å². The molecule has 0 saturated carbocycles. The van der Waals surface area contributed by atoms with E-state index in [2.05, 4.69) is 77.7 Å². The highest BCUT2D eigenvalue weighted by Gasteiger charge is 2.15. The summed E-state index contributed by atoms with van der Waals surface area (Å²) in [6.07, 6.45) is 0. The van der Waals surface area contributed by atoms with Gasteiger partial charge in [0.1, 0.15) is 0 Å². The Kier molecular flexibility index (Phi) is 4.08. The van der Waals surface area contributed by atoms with E-state index in [1.54, 1.807) is 11.3 Å². The zero-order valence-electron chi connectivity index (χ0n) is 14.5. The van der Waals surface area contributed by atoms with Gasteiger partial charge in [0.25, 0.3) is 0 Å². The molecule has 1 heterocycles. The van der Waals surface area contributed by atoms with Gasteiger partial charge in [-0.2, -0.15) is 0 Å². The standard InChI is InChI=1S/C24H16ClNS/c25-21-12-7-13-23-24(21)20-16-19(14-15-22(20)27-23)26(17-8-3-1-4-9-17)18-10-5-2-6-11-18/h1-16H. The van der Waals surface area contributed by atoms with E-state index in [1.165, 1.54) is 14.8 Å². The van der Waals surface area contributed by atoms with Gasteiger partial charge in [-0.25, -0.2) is 0 Å².